The summed E-state index contributed by atoms with van der Waals surface area (Å²) >= 11 is 0. The largest absolute Gasteiger partial charge is 0.504 e. The van der Waals surface area contributed by atoms with Crippen LogP contribution in [0.2, 0.25) is 0 Å². The number of benzene rings is 3. The molecule has 0 saturated carbocycles. The minimum Gasteiger partial charge on any atom is -0.504 e. The maximum absolute atomic E-state index is 13.5. The number of ether oxygens (including phenoxy) is 3. The van der Waals surface area contributed by atoms with Crippen molar-refractivity contribution in [2.45, 2.75) is 17.7 Å². The Bertz CT molecular complexity index is 1380. The number of hydrogen-bond donors (Lipinski definition) is 1. The third-order valence-corrected chi connectivity index (χ3v) is 7.83. The number of aromatic hydroxyl groups is 1. The SMILES string of the molecule is COc1cc2c(cc1OC)C1CN(S(=O)(=O)c3ccc(C)cc3)C=Cc3ccc(O)c(c31)O2. The van der Waals surface area contributed by atoms with Crippen LogP contribution in [0.15, 0.2) is 59.6 Å². The number of sulfonamides is 1. The van der Waals surface area contributed by atoms with Gasteiger partial charge in [-0.1, -0.05) is 23.8 Å². The lowest BCUT2D eigenvalue weighted by atomic mass is 9.85. The van der Waals surface area contributed by atoms with Crippen LogP contribution in [-0.2, 0) is 10.0 Å². The third-order valence-electron chi connectivity index (χ3n) is 6.07. The van der Waals surface area contributed by atoms with Crippen LogP contribution in [0.25, 0.3) is 6.08 Å². The third kappa shape index (κ3) is 3.38. The summed E-state index contributed by atoms with van der Waals surface area (Å²) < 4.78 is 45.4. The van der Waals surface area contributed by atoms with Crippen LogP contribution in [0.5, 0.6) is 28.7 Å². The Hall–Kier alpha value is -3.65. The van der Waals surface area contributed by atoms with Gasteiger partial charge in [0.15, 0.2) is 23.0 Å². The lowest BCUT2D eigenvalue weighted by molar-refractivity contribution is 0.345. The molecule has 170 valence electrons. The summed E-state index contributed by atoms with van der Waals surface area (Å²) in [6.07, 6.45) is 3.31. The summed E-state index contributed by atoms with van der Waals surface area (Å²) in [5.74, 6) is 1.37. The standard InChI is InChI=1S/C25H23NO6S/c1-15-4-7-17(8-5-15)33(28,29)26-11-10-16-6-9-20(27)25-24(16)19(14-26)18-12-22(30-2)23(31-3)13-21(18)32-25/h4-13,19,27H,14H2,1-3H3. The van der Waals surface area contributed by atoms with E-state index in [0.29, 0.717) is 23.0 Å². The predicted octanol–water partition coefficient (Wildman–Crippen LogP) is 4.63. The van der Waals surface area contributed by atoms with Crippen LogP contribution in [0.4, 0.5) is 0 Å². The summed E-state index contributed by atoms with van der Waals surface area (Å²) in [6, 6.07) is 13.6. The fourth-order valence-corrected chi connectivity index (χ4v) is 5.65. The smallest absolute Gasteiger partial charge is 0.263 e. The van der Waals surface area contributed by atoms with Crippen molar-refractivity contribution in [3.05, 3.63) is 77.0 Å². The first kappa shape index (κ1) is 21.2. The number of rotatable bonds is 4. The van der Waals surface area contributed by atoms with Gasteiger partial charge in [-0.3, -0.25) is 4.31 Å². The van der Waals surface area contributed by atoms with Crippen molar-refractivity contribution in [3.63, 3.8) is 0 Å². The van der Waals surface area contributed by atoms with Gasteiger partial charge in [-0.2, -0.15) is 0 Å². The van der Waals surface area contributed by atoms with Crippen molar-refractivity contribution in [2.75, 3.05) is 20.8 Å². The van der Waals surface area contributed by atoms with Crippen LogP contribution in [0.3, 0.4) is 0 Å². The molecule has 0 bridgehead atoms. The molecule has 0 radical (unpaired) electrons. The molecule has 2 aliphatic rings. The van der Waals surface area contributed by atoms with Crippen molar-refractivity contribution in [3.8, 4) is 28.7 Å². The Labute approximate surface area is 192 Å². The number of nitrogens with zero attached hydrogens (tertiary/aromatic N) is 1. The Morgan fingerprint density at radius 3 is 2.42 bits per heavy atom. The molecule has 0 saturated heterocycles. The molecule has 8 heteroatoms. The molecule has 33 heavy (non-hydrogen) atoms. The molecule has 1 unspecified atom stereocenters. The van der Waals surface area contributed by atoms with Gasteiger partial charge in [0, 0.05) is 35.9 Å². The van der Waals surface area contributed by atoms with Crippen molar-refractivity contribution < 1.29 is 27.7 Å². The quantitative estimate of drug-likeness (QED) is 0.605. The Morgan fingerprint density at radius 1 is 1.03 bits per heavy atom. The molecule has 0 aromatic heterocycles. The van der Waals surface area contributed by atoms with E-state index in [0.717, 1.165) is 22.3 Å². The molecule has 3 aromatic rings. The number of phenolic OH excluding ortho intramolecular Hbond substituents is 1. The second kappa shape index (κ2) is 7.74. The molecule has 1 atom stereocenters. The van der Waals surface area contributed by atoms with E-state index in [1.807, 2.05) is 6.92 Å². The van der Waals surface area contributed by atoms with E-state index in [1.165, 1.54) is 11.4 Å². The molecule has 1 N–H and O–H groups in total. The fourth-order valence-electron chi connectivity index (χ4n) is 4.34. The van der Waals surface area contributed by atoms with Crippen molar-refractivity contribution in [1.82, 2.24) is 4.31 Å². The first-order valence-corrected chi connectivity index (χ1v) is 11.8. The predicted molar refractivity (Wildman–Crippen MR) is 124 cm³/mol. The number of aryl methyl sites for hydroxylation is 1. The van der Waals surface area contributed by atoms with Crippen molar-refractivity contribution >= 4 is 16.1 Å². The van der Waals surface area contributed by atoms with Gasteiger partial charge >= 0.3 is 0 Å². The Morgan fingerprint density at radius 2 is 1.73 bits per heavy atom. The second-order valence-corrected chi connectivity index (χ2v) is 9.91. The van der Waals surface area contributed by atoms with Crippen molar-refractivity contribution in [1.29, 1.82) is 0 Å². The second-order valence-electron chi connectivity index (χ2n) is 8.02. The van der Waals surface area contributed by atoms with Gasteiger partial charge in [0.05, 0.1) is 19.1 Å². The van der Waals surface area contributed by atoms with E-state index in [2.05, 4.69) is 0 Å². The minimum atomic E-state index is -3.81. The highest BCUT2D eigenvalue weighted by molar-refractivity contribution is 7.89. The van der Waals surface area contributed by atoms with E-state index in [1.54, 1.807) is 67.9 Å². The summed E-state index contributed by atoms with van der Waals surface area (Å²) in [5.41, 5.74) is 3.23. The van der Waals surface area contributed by atoms with Gasteiger partial charge in [0.2, 0.25) is 0 Å². The molecule has 3 aromatic carbocycles. The lowest BCUT2D eigenvalue weighted by Crippen LogP contribution is -2.31. The maximum atomic E-state index is 13.5. The number of methoxy groups -OCH3 is 2. The molecule has 2 heterocycles. The normalized spacial score (nSPS) is 16.3. The first-order chi connectivity index (χ1) is 15.8. The molecule has 0 amide bonds. The summed E-state index contributed by atoms with van der Waals surface area (Å²) in [6.45, 7) is 2.04. The molecule has 5 rings (SSSR count). The average Bonchev–Trinajstić information content (AvgIpc) is 3.02. The van der Waals surface area contributed by atoms with Gasteiger partial charge < -0.3 is 19.3 Å². The number of hydrogen-bond acceptors (Lipinski definition) is 6. The topological polar surface area (TPSA) is 85.3 Å². The molecular formula is C25H23NO6S. The summed E-state index contributed by atoms with van der Waals surface area (Å²) in [5, 5.41) is 10.6. The Balaban J connectivity index is 1.68. The Kier molecular flexibility index (Phi) is 4.97. The highest BCUT2D eigenvalue weighted by atomic mass is 32.2. The fraction of sp³-hybridized carbons (Fsp3) is 0.200. The molecule has 0 fully saturated rings. The van der Waals surface area contributed by atoms with E-state index in [9.17, 15) is 13.5 Å². The van der Waals surface area contributed by atoms with Crippen LogP contribution in [0.1, 0.15) is 28.2 Å². The van der Waals surface area contributed by atoms with E-state index < -0.39 is 15.9 Å². The molecular weight excluding hydrogens is 442 g/mol. The number of phenols is 1. The molecule has 0 aliphatic carbocycles. The van der Waals surface area contributed by atoms with Gasteiger partial charge in [-0.05, 0) is 42.8 Å². The zero-order valence-electron chi connectivity index (χ0n) is 18.4. The molecule has 7 nitrogen and oxygen atoms in total. The maximum Gasteiger partial charge on any atom is 0.263 e. The zero-order chi connectivity index (χ0) is 23.3. The van der Waals surface area contributed by atoms with Crippen molar-refractivity contribution in [2.24, 2.45) is 0 Å². The average molecular weight is 466 g/mol. The highest BCUT2D eigenvalue weighted by Crippen LogP contribution is 2.53. The number of fused-ring (bicyclic) bond motifs is 2. The van der Waals surface area contributed by atoms with Gasteiger partial charge in [0.25, 0.3) is 10.0 Å². The first-order valence-electron chi connectivity index (χ1n) is 10.4. The van der Waals surface area contributed by atoms with Gasteiger partial charge in [-0.15, -0.1) is 0 Å². The van der Waals surface area contributed by atoms with E-state index in [4.69, 9.17) is 14.2 Å². The summed E-state index contributed by atoms with van der Waals surface area (Å²) in [7, 11) is -0.732. The van der Waals surface area contributed by atoms with Crippen LogP contribution in [0, 0.1) is 6.92 Å². The lowest BCUT2D eigenvalue weighted by Gasteiger charge is -2.32. The van der Waals surface area contributed by atoms with Gasteiger partial charge in [-0.25, -0.2) is 8.42 Å². The monoisotopic (exact) mass is 465 g/mol. The summed E-state index contributed by atoms with van der Waals surface area (Å²) in [4.78, 5) is 0.214. The minimum absolute atomic E-state index is 0.0116. The van der Waals surface area contributed by atoms with E-state index in [-0.39, 0.29) is 17.2 Å². The van der Waals surface area contributed by atoms with Crippen LogP contribution in [-0.4, -0.2) is 38.6 Å². The molecule has 2 aliphatic heterocycles. The van der Waals surface area contributed by atoms with Crippen LogP contribution < -0.4 is 14.2 Å². The van der Waals surface area contributed by atoms with E-state index >= 15 is 0 Å². The molecule has 0 spiro atoms. The highest BCUT2D eigenvalue weighted by Gasteiger charge is 2.37. The zero-order valence-corrected chi connectivity index (χ0v) is 19.2. The van der Waals surface area contributed by atoms with Crippen LogP contribution >= 0.6 is 0 Å². The van der Waals surface area contributed by atoms with Gasteiger partial charge in [0.1, 0.15) is 5.75 Å².